The molecule has 0 radical (unpaired) electrons. The van der Waals surface area contributed by atoms with Crippen LogP contribution in [-0.2, 0) is 0 Å². The third-order valence-electron chi connectivity index (χ3n) is 6.10. The highest BCUT2D eigenvalue weighted by Crippen LogP contribution is 2.37. The number of imidazole rings is 1. The van der Waals surface area contributed by atoms with Crippen LogP contribution in [0.5, 0.6) is 5.88 Å². The first-order valence-corrected chi connectivity index (χ1v) is 11.9. The van der Waals surface area contributed by atoms with Gasteiger partial charge in [-0.15, -0.1) is 0 Å². The number of aromatic amines is 1. The highest BCUT2D eigenvalue weighted by Gasteiger charge is 2.41. The Morgan fingerprint density at radius 3 is 2.49 bits per heavy atom. The summed E-state index contributed by atoms with van der Waals surface area (Å²) in [6.45, 7) is 2.62. The van der Waals surface area contributed by atoms with Crippen LogP contribution in [0.15, 0.2) is 12.1 Å². The molecule has 1 saturated carbocycles. The van der Waals surface area contributed by atoms with Crippen molar-refractivity contribution in [3.05, 3.63) is 34.1 Å². The number of H-pyrrole nitrogens is 1. The zero-order chi connectivity index (χ0) is 26.9. The molecule has 4 rings (SSSR count). The molecule has 3 aromatic heterocycles. The molecule has 3 N–H and O–H groups in total. The van der Waals surface area contributed by atoms with Crippen LogP contribution in [0.1, 0.15) is 47.3 Å². The molecule has 0 atom stereocenters. The molecule has 0 aliphatic heterocycles. The fraction of sp³-hybridized carbons (Fsp3) is 0.478. The molecule has 1 fully saturated rings. The number of alkyl halides is 5. The fourth-order valence-corrected chi connectivity index (χ4v) is 4.62. The van der Waals surface area contributed by atoms with E-state index in [-0.39, 0.29) is 59.4 Å². The molecule has 200 valence electrons. The van der Waals surface area contributed by atoms with Gasteiger partial charge in [-0.2, -0.15) is 18.2 Å². The number of halogens is 6. The number of rotatable bonds is 7. The molecule has 8 nitrogen and oxygen atoms in total. The molecule has 0 spiro atoms. The minimum Gasteiger partial charge on any atom is -0.471 e. The van der Waals surface area contributed by atoms with Gasteiger partial charge >= 0.3 is 6.18 Å². The third-order valence-corrected chi connectivity index (χ3v) is 6.37. The van der Waals surface area contributed by atoms with Crippen LogP contribution in [0, 0.1) is 19.8 Å². The first-order valence-electron chi connectivity index (χ1n) is 11.5. The van der Waals surface area contributed by atoms with Crippen molar-refractivity contribution in [3.63, 3.8) is 0 Å². The Bertz CT molecular complexity index is 1270. The molecule has 0 aromatic carbocycles. The number of aryl methyl sites for hydroxylation is 2. The standard InChI is InChI=1S/C23H24ClF5N6O2/c1-10-7-11(2)30-18(24)17(10)33-22-32-15-8-14(21(34-19(15)35-22)37-9-16(25)26)20(36)31-13-5-3-12(4-6-13)23(27,28)29/h7-8,12-13,16H,3-6,9H2,1-2H3,(H,31,36)(H2,32,33,34,35)/t12-,13-. The molecule has 1 aliphatic carbocycles. The van der Waals surface area contributed by atoms with E-state index in [1.165, 1.54) is 6.07 Å². The summed E-state index contributed by atoms with van der Waals surface area (Å²) in [5.74, 6) is -2.25. The zero-order valence-electron chi connectivity index (χ0n) is 19.8. The Hall–Kier alpha value is -3.22. The van der Waals surface area contributed by atoms with Crippen LogP contribution in [0.2, 0.25) is 5.15 Å². The lowest BCUT2D eigenvalue weighted by Crippen LogP contribution is -2.40. The maximum absolute atomic E-state index is 13.0. The lowest BCUT2D eigenvalue weighted by atomic mass is 9.85. The average Bonchev–Trinajstić information content (AvgIpc) is 3.20. The number of hydrogen-bond acceptors (Lipinski definition) is 6. The number of nitrogens with one attached hydrogen (secondary N) is 3. The summed E-state index contributed by atoms with van der Waals surface area (Å²) in [5, 5.41) is 5.89. The van der Waals surface area contributed by atoms with Crippen molar-refractivity contribution in [1.29, 1.82) is 0 Å². The lowest BCUT2D eigenvalue weighted by Gasteiger charge is -2.30. The normalized spacial score (nSPS) is 18.3. The van der Waals surface area contributed by atoms with Crippen molar-refractivity contribution >= 4 is 40.3 Å². The van der Waals surface area contributed by atoms with Crippen molar-refractivity contribution in [2.45, 2.75) is 58.2 Å². The maximum atomic E-state index is 13.0. The van der Waals surface area contributed by atoms with Gasteiger partial charge in [0.2, 0.25) is 11.8 Å². The number of hydrogen-bond donors (Lipinski definition) is 3. The van der Waals surface area contributed by atoms with Crippen molar-refractivity contribution in [1.82, 2.24) is 25.3 Å². The van der Waals surface area contributed by atoms with Gasteiger partial charge in [-0.25, -0.2) is 18.7 Å². The van der Waals surface area contributed by atoms with Crippen LogP contribution in [0.4, 0.5) is 33.6 Å². The van der Waals surface area contributed by atoms with Crippen molar-refractivity contribution < 1.29 is 31.5 Å². The first-order chi connectivity index (χ1) is 17.4. The molecular weight excluding hydrogens is 523 g/mol. The van der Waals surface area contributed by atoms with E-state index in [4.69, 9.17) is 16.3 Å². The van der Waals surface area contributed by atoms with E-state index >= 15 is 0 Å². The summed E-state index contributed by atoms with van der Waals surface area (Å²) in [7, 11) is 0. The molecule has 1 aliphatic rings. The van der Waals surface area contributed by atoms with E-state index in [2.05, 4.69) is 30.6 Å². The van der Waals surface area contributed by atoms with E-state index in [0.29, 0.717) is 5.69 Å². The molecule has 37 heavy (non-hydrogen) atoms. The van der Waals surface area contributed by atoms with Gasteiger partial charge in [0.05, 0.1) is 11.6 Å². The number of ether oxygens (including phenoxy) is 1. The first kappa shape index (κ1) is 26.8. The van der Waals surface area contributed by atoms with Gasteiger partial charge < -0.3 is 20.4 Å². The Kier molecular flexibility index (Phi) is 7.72. The number of carbonyl (C=O) groups excluding carboxylic acids is 1. The van der Waals surface area contributed by atoms with E-state index in [0.717, 1.165) is 11.3 Å². The van der Waals surface area contributed by atoms with Crippen LogP contribution in [0.25, 0.3) is 11.2 Å². The molecule has 0 saturated heterocycles. The molecule has 3 heterocycles. The Balaban J connectivity index is 1.58. The van der Waals surface area contributed by atoms with Gasteiger partial charge in [0.25, 0.3) is 12.3 Å². The van der Waals surface area contributed by atoms with Crippen LogP contribution in [-0.4, -0.2) is 51.1 Å². The van der Waals surface area contributed by atoms with E-state index in [1.54, 1.807) is 6.92 Å². The number of carbonyl (C=O) groups is 1. The molecule has 14 heteroatoms. The molecule has 0 bridgehead atoms. The summed E-state index contributed by atoms with van der Waals surface area (Å²) < 4.78 is 69.6. The van der Waals surface area contributed by atoms with E-state index in [1.807, 2.05) is 13.0 Å². The highest BCUT2D eigenvalue weighted by atomic mass is 35.5. The second kappa shape index (κ2) is 10.6. The number of pyridine rings is 2. The number of fused-ring (bicyclic) bond motifs is 1. The highest BCUT2D eigenvalue weighted by molar-refractivity contribution is 6.32. The predicted octanol–water partition coefficient (Wildman–Crippen LogP) is 5.86. The van der Waals surface area contributed by atoms with Gasteiger partial charge in [-0.1, -0.05) is 11.6 Å². The van der Waals surface area contributed by atoms with Gasteiger partial charge in [-0.05, 0) is 57.2 Å². The summed E-state index contributed by atoms with van der Waals surface area (Å²) in [6, 6.07) is 2.64. The summed E-state index contributed by atoms with van der Waals surface area (Å²) in [4.78, 5) is 28.6. The Labute approximate surface area is 213 Å². The van der Waals surface area contributed by atoms with Gasteiger partial charge in [0, 0.05) is 11.7 Å². The minimum absolute atomic E-state index is 0.106. The topological polar surface area (TPSA) is 105 Å². The van der Waals surface area contributed by atoms with E-state index in [9.17, 15) is 26.7 Å². The number of amides is 1. The van der Waals surface area contributed by atoms with Gasteiger partial charge in [0.15, 0.2) is 17.4 Å². The largest absolute Gasteiger partial charge is 0.471 e. The van der Waals surface area contributed by atoms with Gasteiger partial charge in [-0.3, -0.25) is 4.79 Å². The Morgan fingerprint density at radius 2 is 1.86 bits per heavy atom. The van der Waals surface area contributed by atoms with Crippen LogP contribution < -0.4 is 15.4 Å². The average molecular weight is 547 g/mol. The molecule has 0 unspecified atom stereocenters. The summed E-state index contributed by atoms with van der Waals surface area (Å²) in [5.41, 5.74) is 2.24. The maximum Gasteiger partial charge on any atom is 0.391 e. The van der Waals surface area contributed by atoms with Crippen molar-refractivity contribution in [2.75, 3.05) is 11.9 Å². The van der Waals surface area contributed by atoms with Crippen molar-refractivity contribution in [3.8, 4) is 5.88 Å². The zero-order valence-corrected chi connectivity index (χ0v) is 20.6. The molecular formula is C23H24ClF5N6O2. The monoisotopic (exact) mass is 546 g/mol. The second-order valence-corrected chi connectivity index (χ2v) is 9.29. The van der Waals surface area contributed by atoms with Crippen LogP contribution in [0.3, 0.4) is 0 Å². The lowest BCUT2D eigenvalue weighted by molar-refractivity contribution is -0.182. The molecule has 1 amide bonds. The SMILES string of the molecule is Cc1cc(C)c(Nc2nc3cc(C(=O)N[C@H]4CC[C@H](C(F)(F)F)CC4)c(OCC(F)F)nc3[nH]2)c(Cl)n1. The summed E-state index contributed by atoms with van der Waals surface area (Å²) >= 11 is 6.24. The second-order valence-electron chi connectivity index (χ2n) is 8.93. The Morgan fingerprint density at radius 1 is 1.16 bits per heavy atom. The van der Waals surface area contributed by atoms with Gasteiger partial charge in [0.1, 0.15) is 11.1 Å². The number of anilines is 2. The smallest absolute Gasteiger partial charge is 0.391 e. The quantitative estimate of drug-likeness (QED) is 0.253. The third kappa shape index (κ3) is 6.38. The summed E-state index contributed by atoms with van der Waals surface area (Å²) in [6.07, 6.45) is -7.03. The predicted molar refractivity (Wildman–Crippen MR) is 127 cm³/mol. The molecule has 3 aromatic rings. The van der Waals surface area contributed by atoms with E-state index < -0.39 is 37.1 Å². The minimum atomic E-state index is -4.27. The number of nitrogens with zero attached hydrogens (tertiary/aromatic N) is 3. The van der Waals surface area contributed by atoms with Crippen molar-refractivity contribution in [2.24, 2.45) is 5.92 Å². The van der Waals surface area contributed by atoms with Crippen LogP contribution >= 0.6 is 11.6 Å². The fourth-order valence-electron chi connectivity index (χ4n) is 4.29. The number of aromatic nitrogens is 4.